The number of nitrogens with one attached hydrogen (secondary N) is 1. The number of hydrogen-bond acceptors (Lipinski definition) is 3. The van der Waals surface area contributed by atoms with Crippen LogP contribution in [0.2, 0.25) is 0 Å². The Morgan fingerprint density at radius 3 is 2.38 bits per heavy atom. The van der Waals surface area contributed by atoms with Crippen molar-refractivity contribution in [1.29, 1.82) is 0 Å². The van der Waals surface area contributed by atoms with Crippen molar-refractivity contribution in [2.24, 2.45) is 11.8 Å². The molecule has 6 heteroatoms. The van der Waals surface area contributed by atoms with Crippen LogP contribution in [0.3, 0.4) is 0 Å². The SMILES string of the molecule is COCCNS(=O)(=O)N1CC(C)CC(C)C1. The molecule has 1 rings (SSSR count). The summed E-state index contributed by atoms with van der Waals surface area (Å²) >= 11 is 0. The van der Waals surface area contributed by atoms with Crippen LogP contribution in [0.4, 0.5) is 0 Å². The molecule has 0 aromatic carbocycles. The van der Waals surface area contributed by atoms with Gasteiger partial charge in [0.1, 0.15) is 0 Å². The molecule has 0 aliphatic carbocycles. The van der Waals surface area contributed by atoms with Gasteiger partial charge in [-0.05, 0) is 18.3 Å². The Balaban J connectivity index is 2.53. The topological polar surface area (TPSA) is 58.6 Å². The fraction of sp³-hybridized carbons (Fsp3) is 1.00. The predicted octanol–water partition coefficient (Wildman–Crippen LogP) is 0.445. The van der Waals surface area contributed by atoms with Gasteiger partial charge in [-0.1, -0.05) is 13.8 Å². The molecule has 1 aliphatic heterocycles. The molecule has 0 radical (unpaired) electrons. The Morgan fingerprint density at radius 2 is 1.88 bits per heavy atom. The van der Waals surface area contributed by atoms with Gasteiger partial charge in [0.2, 0.25) is 0 Å². The van der Waals surface area contributed by atoms with Crippen molar-refractivity contribution in [1.82, 2.24) is 9.03 Å². The number of methoxy groups -OCH3 is 1. The van der Waals surface area contributed by atoms with Crippen molar-refractivity contribution >= 4 is 10.2 Å². The second kappa shape index (κ2) is 5.95. The molecule has 0 bridgehead atoms. The van der Waals surface area contributed by atoms with E-state index in [4.69, 9.17) is 4.74 Å². The number of piperidine rings is 1. The van der Waals surface area contributed by atoms with Crippen molar-refractivity contribution in [3.8, 4) is 0 Å². The van der Waals surface area contributed by atoms with E-state index in [1.807, 2.05) is 0 Å². The Labute approximate surface area is 98.3 Å². The molecule has 1 heterocycles. The summed E-state index contributed by atoms with van der Waals surface area (Å²) in [5.74, 6) is 0.866. The molecule has 0 aromatic heterocycles. The smallest absolute Gasteiger partial charge is 0.279 e. The van der Waals surface area contributed by atoms with E-state index in [0.717, 1.165) is 6.42 Å². The van der Waals surface area contributed by atoms with Crippen LogP contribution in [0.25, 0.3) is 0 Å². The molecule has 0 saturated carbocycles. The minimum absolute atomic E-state index is 0.331. The fourth-order valence-electron chi connectivity index (χ4n) is 2.17. The first kappa shape index (κ1) is 13.9. The zero-order valence-corrected chi connectivity index (χ0v) is 11.1. The summed E-state index contributed by atoms with van der Waals surface area (Å²) in [6.45, 7) is 6.15. The van der Waals surface area contributed by atoms with Crippen LogP contribution in [0.15, 0.2) is 0 Å². The Bertz CT molecular complexity index is 295. The molecule has 0 amide bonds. The lowest BCUT2D eigenvalue weighted by Crippen LogP contribution is -2.48. The van der Waals surface area contributed by atoms with Crippen molar-refractivity contribution in [2.75, 3.05) is 33.4 Å². The van der Waals surface area contributed by atoms with E-state index < -0.39 is 10.2 Å². The minimum atomic E-state index is -3.32. The molecule has 2 atom stereocenters. The summed E-state index contributed by atoms with van der Waals surface area (Å²) in [6.07, 6.45) is 1.10. The highest BCUT2D eigenvalue weighted by atomic mass is 32.2. The quantitative estimate of drug-likeness (QED) is 0.721. The molecular weight excluding hydrogens is 228 g/mol. The minimum Gasteiger partial charge on any atom is -0.383 e. The number of hydrogen-bond donors (Lipinski definition) is 1. The van der Waals surface area contributed by atoms with Crippen LogP contribution >= 0.6 is 0 Å². The number of ether oxygens (including phenoxy) is 1. The van der Waals surface area contributed by atoms with E-state index in [9.17, 15) is 8.42 Å². The lowest BCUT2D eigenvalue weighted by atomic mass is 9.94. The first-order valence-electron chi connectivity index (χ1n) is 5.69. The molecule has 0 aromatic rings. The van der Waals surface area contributed by atoms with Crippen molar-refractivity contribution in [3.05, 3.63) is 0 Å². The van der Waals surface area contributed by atoms with Crippen molar-refractivity contribution < 1.29 is 13.2 Å². The average Bonchev–Trinajstić information content (AvgIpc) is 2.16. The third-order valence-electron chi connectivity index (χ3n) is 2.77. The zero-order chi connectivity index (χ0) is 12.2. The lowest BCUT2D eigenvalue weighted by Gasteiger charge is -2.33. The fourth-order valence-corrected chi connectivity index (χ4v) is 3.59. The third kappa shape index (κ3) is 4.01. The summed E-state index contributed by atoms with van der Waals surface area (Å²) < 4.78 is 32.7. The Morgan fingerprint density at radius 1 is 1.31 bits per heavy atom. The van der Waals surface area contributed by atoms with Gasteiger partial charge in [0.25, 0.3) is 10.2 Å². The van der Waals surface area contributed by atoms with E-state index in [1.54, 1.807) is 11.4 Å². The van der Waals surface area contributed by atoms with E-state index in [1.165, 1.54) is 0 Å². The number of rotatable bonds is 5. The molecule has 0 spiro atoms. The predicted molar refractivity (Wildman–Crippen MR) is 63.3 cm³/mol. The summed E-state index contributed by atoms with van der Waals surface area (Å²) in [7, 11) is -1.76. The Kier molecular flexibility index (Phi) is 5.17. The van der Waals surface area contributed by atoms with E-state index in [0.29, 0.717) is 38.1 Å². The maximum atomic E-state index is 11.9. The number of nitrogens with zero attached hydrogens (tertiary/aromatic N) is 1. The third-order valence-corrected chi connectivity index (χ3v) is 4.31. The lowest BCUT2D eigenvalue weighted by molar-refractivity contribution is 0.199. The molecule has 5 nitrogen and oxygen atoms in total. The standard InChI is InChI=1S/C10H22N2O3S/c1-9-6-10(2)8-12(7-9)16(13,14)11-4-5-15-3/h9-11H,4-8H2,1-3H3. The zero-order valence-electron chi connectivity index (χ0n) is 10.3. The first-order valence-corrected chi connectivity index (χ1v) is 7.13. The maximum Gasteiger partial charge on any atom is 0.279 e. The summed E-state index contributed by atoms with van der Waals surface area (Å²) in [5.41, 5.74) is 0. The van der Waals surface area contributed by atoms with Gasteiger partial charge >= 0.3 is 0 Å². The van der Waals surface area contributed by atoms with Gasteiger partial charge in [-0.15, -0.1) is 0 Å². The largest absolute Gasteiger partial charge is 0.383 e. The van der Waals surface area contributed by atoms with Crippen LogP contribution in [0.5, 0.6) is 0 Å². The highest BCUT2D eigenvalue weighted by molar-refractivity contribution is 7.87. The summed E-state index contributed by atoms with van der Waals surface area (Å²) in [5, 5.41) is 0. The molecule has 1 N–H and O–H groups in total. The van der Waals surface area contributed by atoms with Gasteiger partial charge in [-0.3, -0.25) is 0 Å². The van der Waals surface area contributed by atoms with Gasteiger partial charge in [0, 0.05) is 26.7 Å². The monoisotopic (exact) mass is 250 g/mol. The second-order valence-corrected chi connectivity index (χ2v) is 6.41. The van der Waals surface area contributed by atoms with Crippen LogP contribution in [0, 0.1) is 11.8 Å². The maximum absolute atomic E-state index is 11.9. The molecule has 16 heavy (non-hydrogen) atoms. The van der Waals surface area contributed by atoms with Crippen LogP contribution < -0.4 is 4.72 Å². The highest BCUT2D eigenvalue weighted by Gasteiger charge is 2.29. The second-order valence-electron chi connectivity index (χ2n) is 4.66. The van der Waals surface area contributed by atoms with Gasteiger partial charge in [0.05, 0.1) is 6.61 Å². The first-order chi connectivity index (χ1) is 7.45. The van der Waals surface area contributed by atoms with Gasteiger partial charge in [-0.2, -0.15) is 17.4 Å². The van der Waals surface area contributed by atoms with Crippen LogP contribution in [-0.4, -0.2) is 46.1 Å². The van der Waals surface area contributed by atoms with E-state index in [2.05, 4.69) is 18.6 Å². The van der Waals surface area contributed by atoms with Gasteiger partial charge in [-0.25, -0.2) is 0 Å². The van der Waals surface area contributed by atoms with Crippen molar-refractivity contribution in [2.45, 2.75) is 20.3 Å². The molecule has 96 valence electrons. The van der Waals surface area contributed by atoms with E-state index >= 15 is 0 Å². The molecule has 2 unspecified atom stereocenters. The molecule has 1 saturated heterocycles. The van der Waals surface area contributed by atoms with Crippen LogP contribution in [-0.2, 0) is 14.9 Å². The van der Waals surface area contributed by atoms with Crippen molar-refractivity contribution in [3.63, 3.8) is 0 Å². The summed E-state index contributed by atoms with van der Waals surface area (Å²) in [4.78, 5) is 0. The van der Waals surface area contributed by atoms with Gasteiger partial charge < -0.3 is 4.74 Å². The van der Waals surface area contributed by atoms with E-state index in [-0.39, 0.29) is 0 Å². The normalized spacial score (nSPS) is 28.2. The molecule has 1 fully saturated rings. The van der Waals surface area contributed by atoms with Crippen LogP contribution in [0.1, 0.15) is 20.3 Å². The molecule has 1 aliphatic rings. The highest BCUT2D eigenvalue weighted by Crippen LogP contribution is 2.22. The average molecular weight is 250 g/mol. The summed E-state index contributed by atoms with van der Waals surface area (Å²) in [6, 6.07) is 0. The molecular formula is C10H22N2O3S. The van der Waals surface area contributed by atoms with Gasteiger partial charge in [0.15, 0.2) is 0 Å². The Hall–Kier alpha value is -0.170.